The lowest BCUT2D eigenvalue weighted by Gasteiger charge is -2.26. The van der Waals surface area contributed by atoms with Crippen molar-refractivity contribution in [2.45, 2.75) is 59.9 Å². The van der Waals surface area contributed by atoms with Crippen molar-refractivity contribution in [3.8, 4) is 11.5 Å². The average Bonchev–Trinajstić information content (AvgIpc) is 2.97. The molecule has 228 valence electrons. The van der Waals surface area contributed by atoms with Crippen molar-refractivity contribution in [3.63, 3.8) is 0 Å². The molecule has 42 heavy (non-hydrogen) atoms. The quantitative estimate of drug-likeness (QED) is 0.131. The van der Waals surface area contributed by atoms with Gasteiger partial charge in [-0.2, -0.15) is 0 Å². The largest absolute Gasteiger partial charge is 0.491 e. The number of nitrogens with zero attached hydrogens (tertiary/aromatic N) is 1. The van der Waals surface area contributed by atoms with Gasteiger partial charge in [0.15, 0.2) is 6.23 Å². The highest BCUT2D eigenvalue weighted by Crippen LogP contribution is 2.24. The van der Waals surface area contributed by atoms with Crippen LogP contribution in [0.3, 0.4) is 0 Å². The molecule has 3 aromatic rings. The number of esters is 1. The van der Waals surface area contributed by atoms with Crippen molar-refractivity contribution in [1.29, 1.82) is 0 Å². The second-order valence-electron chi connectivity index (χ2n) is 10.3. The molecule has 0 heterocycles. The number of rotatable bonds is 14. The smallest absolute Gasteiger partial charge is 0.339 e. The number of benzene rings is 3. The Morgan fingerprint density at radius 1 is 0.881 bits per heavy atom. The van der Waals surface area contributed by atoms with Gasteiger partial charge >= 0.3 is 11.9 Å². The number of carbonyl (C=O) groups excluding carboxylic acids is 1. The molecule has 2 atom stereocenters. The lowest BCUT2D eigenvalue weighted by atomic mass is 10.1. The molecule has 0 bridgehead atoms. The number of nitrogen functional groups attached to an aromatic ring is 1. The Kier molecular flexibility index (Phi) is 14.4. The SMILES string of the molecule is CCN(CC)C(C)OC(=O)c1ccc(N)c(OCC(C)C)c1.N[C@H](Cc1ccc(OCc2ccccc2)cc1)C(=O)O. The summed E-state index contributed by atoms with van der Waals surface area (Å²) in [6, 6.07) is 21.3. The molecule has 9 heteroatoms. The van der Waals surface area contributed by atoms with Gasteiger partial charge in [-0.3, -0.25) is 9.69 Å². The minimum absolute atomic E-state index is 0.264. The molecule has 5 N–H and O–H groups in total. The second-order valence-corrected chi connectivity index (χ2v) is 10.3. The monoisotopic (exact) mass is 579 g/mol. The van der Waals surface area contributed by atoms with Gasteiger partial charge < -0.3 is 30.8 Å². The van der Waals surface area contributed by atoms with E-state index in [1.807, 2.05) is 75.4 Å². The van der Waals surface area contributed by atoms with Crippen molar-refractivity contribution in [1.82, 2.24) is 4.90 Å². The van der Waals surface area contributed by atoms with Gasteiger partial charge in [0.05, 0.1) is 17.9 Å². The van der Waals surface area contributed by atoms with Crippen molar-refractivity contribution in [2.75, 3.05) is 25.4 Å². The van der Waals surface area contributed by atoms with Gasteiger partial charge in [-0.25, -0.2) is 4.79 Å². The predicted octanol–water partition coefficient (Wildman–Crippen LogP) is 5.37. The molecule has 3 rings (SSSR count). The van der Waals surface area contributed by atoms with E-state index in [0.29, 0.717) is 42.6 Å². The molecule has 1 unspecified atom stereocenters. The summed E-state index contributed by atoms with van der Waals surface area (Å²) in [6.07, 6.45) is 0.0500. The highest BCUT2D eigenvalue weighted by Gasteiger charge is 2.18. The molecule has 0 radical (unpaired) electrons. The molecule has 0 saturated heterocycles. The Morgan fingerprint density at radius 2 is 1.52 bits per heavy atom. The van der Waals surface area contributed by atoms with Crippen LogP contribution in [0, 0.1) is 5.92 Å². The summed E-state index contributed by atoms with van der Waals surface area (Å²) >= 11 is 0. The fraction of sp³-hybridized carbons (Fsp3) is 0.394. The zero-order valence-electron chi connectivity index (χ0n) is 25.3. The summed E-state index contributed by atoms with van der Waals surface area (Å²) in [5.74, 6) is 0.307. The van der Waals surface area contributed by atoms with Crippen LogP contribution >= 0.6 is 0 Å². The topological polar surface area (TPSA) is 137 Å². The van der Waals surface area contributed by atoms with Crippen molar-refractivity contribution >= 4 is 17.6 Å². The number of aliphatic carboxylic acids is 1. The van der Waals surface area contributed by atoms with Gasteiger partial charge in [-0.15, -0.1) is 0 Å². The Balaban J connectivity index is 0.000000294. The molecule has 0 fully saturated rings. The van der Waals surface area contributed by atoms with E-state index in [-0.39, 0.29) is 12.2 Å². The van der Waals surface area contributed by atoms with E-state index in [1.54, 1.807) is 18.2 Å². The molecule has 0 aliphatic carbocycles. The molecule has 0 aromatic heterocycles. The number of nitrogens with two attached hydrogens (primary N) is 2. The van der Waals surface area contributed by atoms with Crippen LogP contribution in [-0.4, -0.2) is 53.9 Å². The van der Waals surface area contributed by atoms with Gasteiger partial charge in [-0.1, -0.05) is 70.2 Å². The van der Waals surface area contributed by atoms with Crippen molar-refractivity contribution in [3.05, 3.63) is 89.5 Å². The number of carbonyl (C=O) groups is 2. The summed E-state index contributed by atoms with van der Waals surface area (Å²) in [5, 5.41) is 8.76. The summed E-state index contributed by atoms with van der Waals surface area (Å²) in [4.78, 5) is 25.0. The summed E-state index contributed by atoms with van der Waals surface area (Å²) in [6.45, 7) is 12.8. The fourth-order valence-corrected chi connectivity index (χ4v) is 3.88. The molecule has 0 saturated carbocycles. The van der Waals surface area contributed by atoms with Crippen LogP contribution in [0.2, 0.25) is 0 Å². The van der Waals surface area contributed by atoms with Crippen LogP contribution in [0.1, 0.15) is 56.1 Å². The number of hydrogen-bond acceptors (Lipinski definition) is 8. The number of carboxylic acids is 1. The normalized spacial score (nSPS) is 12.2. The minimum Gasteiger partial charge on any atom is -0.491 e. The Hall–Kier alpha value is -4.08. The van der Waals surface area contributed by atoms with Gasteiger partial charge in [-0.05, 0) is 73.8 Å². The number of hydrogen-bond donors (Lipinski definition) is 3. The Labute approximate surface area is 249 Å². The van der Waals surface area contributed by atoms with Gasteiger partial charge in [0, 0.05) is 0 Å². The molecule has 0 amide bonds. The zero-order valence-corrected chi connectivity index (χ0v) is 25.3. The van der Waals surface area contributed by atoms with E-state index in [2.05, 4.69) is 18.7 Å². The molecular formula is C33H45N3O6. The molecule has 3 aromatic carbocycles. The first-order chi connectivity index (χ1) is 20.0. The number of carboxylic acid groups (broad SMARTS) is 1. The van der Waals surface area contributed by atoms with Crippen LogP contribution in [0.25, 0.3) is 0 Å². The number of ether oxygens (including phenoxy) is 3. The fourth-order valence-electron chi connectivity index (χ4n) is 3.88. The third kappa shape index (κ3) is 11.8. The summed E-state index contributed by atoms with van der Waals surface area (Å²) in [7, 11) is 0. The van der Waals surface area contributed by atoms with Gasteiger partial charge in [0.2, 0.25) is 0 Å². The molecule has 0 spiro atoms. The van der Waals surface area contributed by atoms with Crippen LogP contribution in [0.5, 0.6) is 11.5 Å². The minimum atomic E-state index is -0.991. The van der Waals surface area contributed by atoms with E-state index in [1.165, 1.54) is 0 Å². The first-order valence-corrected chi connectivity index (χ1v) is 14.2. The second kappa shape index (κ2) is 17.7. The van der Waals surface area contributed by atoms with Gasteiger partial charge in [0.1, 0.15) is 24.1 Å². The standard InChI is InChI=1S/C17H28N2O3.C16H17NO3/c1-6-19(7-2)13(5)22-17(20)14-8-9-15(18)16(10-14)21-11-12(3)4;17-15(16(18)19)10-12-6-8-14(9-7-12)20-11-13-4-2-1-3-5-13/h8-10,12-13H,6-7,11,18H2,1-5H3;1-9,15H,10-11,17H2,(H,18,19)/t;15-/m.1/s1. The van der Waals surface area contributed by atoms with Crippen LogP contribution in [-0.2, 0) is 22.6 Å². The highest BCUT2D eigenvalue weighted by molar-refractivity contribution is 5.90. The van der Waals surface area contributed by atoms with Crippen LogP contribution in [0.4, 0.5) is 5.69 Å². The third-order valence-electron chi connectivity index (χ3n) is 6.37. The van der Waals surface area contributed by atoms with E-state index in [4.69, 9.17) is 30.8 Å². The maximum Gasteiger partial charge on any atom is 0.339 e. The Morgan fingerprint density at radius 3 is 2.10 bits per heavy atom. The lowest BCUT2D eigenvalue weighted by Crippen LogP contribution is -2.36. The van der Waals surface area contributed by atoms with E-state index in [9.17, 15) is 9.59 Å². The molecule has 0 aliphatic heterocycles. The Bertz CT molecular complexity index is 1230. The average molecular weight is 580 g/mol. The molecule has 0 aliphatic rings. The first kappa shape index (κ1) is 34.1. The summed E-state index contributed by atoms with van der Waals surface area (Å²) in [5.41, 5.74) is 14.3. The molecule has 9 nitrogen and oxygen atoms in total. The van der Waals surface area contributed by atoms with Crippen molar-refractivity contribution < 1.29 is 28.9 Å². The van der Waals surface area contributed by atoms with E-state index < -0.39 is 12.0 Å². The maximum absolute atomic E-state index is 12.2. The summed E-state index contributed by atoms with van der Waals surface area (Å²) < 4.78 is 16.8. The third-order valence-corrected chi connectivity index (χ3v) is 6.37. The lowest BCUT2D eigenvalue weighted by molar-refractivity contribution is -0.138. The van der Waals surface area contributed by atoms with Gasteiger partial charge in [0.25, 0.3) is 0 Å². The van der Waals surface area contributed by atoms with E-state index >= 15 is 0 Å². The van der Waals surface area contributed by atoms with Crippen LogP contribution in [0.15, 0.2) is 72.8 Å². The maximum atomic E-state index is 12.2. The van der Waals surface area contributed by atoms with Crippen molar-refractivity contribution in [2.24, 2.45) is 11.7 Å². The highest BCUT2D eigenvalue weighted by atomic mass is 16.6. The van der Waals surface area contributed by atoms with Crippen LogP contribution < -0.4 is 20.9 Å². The first-order valence-electron chi connectivity index (χ1n) is 14.2. The van der Waals surface area contributed by atoms with E-state index in [0.717, 1.165) is 30.0 Å². The number of anilines is 1. The predicted molar refractivity (Wildman–Crippen MR) is 166 cm³/mol. The zero-order chi connectivity index (χ0) is 31.1. The molecular weight excluding hydrogens is 534 g/mol.